The Labute approximate surface area is 159 Å². The molecule has 1 aliphatic heterocycles. The lowest BCUT2D eigenvalue weighted by atomic mass is 10.0. The summed E-state index contributed by atoms with van der Waals surface area (Å²) in [6.07, 6.45) is 2.71. The van der Waals surface area contributed by atoms with Crippen molar-refractivity contribution < 1.29 is 9.15 Å². The van der Waals surface area contributed by atoms with Gasteiger partial charge in [-0.25, -0.2) is 4.79 Å². The van der Waals surface area contributed by atoms with E-state index in [0.29, 0.717) is 28.9 Å². The Morgan fingerprint density at radius 3 is 2.73 bits per heavy atom. The van der Waals surface area contributed by atoms with Crippen LogP contribution in [0.3, 0.4) is 0 Å². The van der Waals surface area contributed by atoms with Gasteiger partial charge in [0.2, 0.25) is 0 Å². The van der Waals surface area contributed by atoms with Gasteiger partial charge in [-0.3, -0.25) is 0 Å². The number of anilines is 1. The zero-order valence-electron chi connectivity index (χ0n) is 13.9. The second-order valence-electron chi connectivity index (χ2n) is 6.69. The molecule has 4 nitrogen and oxygen atoms in total. The summed E-state index contributed by atoms with van der Waals surface area (Å²) in [5.41, 5.74) is 4.01. The zero-order chi connectivity index (χ0) is 17.8. The topological polar surface area (TPSA) is 42.7 Å². The van der Waals surface area contributed by atoms with Crippen LogP contribution in [-0.4, -0.2) is 6.73 Å². The fourth-order valence-corrected chi connectivity index (χ4v) is 4.34. The van der Waals surface area contributed by atoms with E-state index >= 15 is 0 Å². The van der Waals surface area contributed by atoms with Gasteiger partial charge in [0.15, 0.2) is 6.73 Å². The molecule has 3 aromatic rings. The van der Waals surface area contributed by atoms with Crippen molar-refractivity contribution >= 4 is 39.9 Å². The van der Waals surface area contributed by atoms with E-state index in [1.807, 2.05) is 23.1 Å². The van der Waals surface area contributed by atoms with Crippen LogP contribution in [0.15, 0.2) is 39.5 Å². The first kappa shape index (κ1) is 16.0. The first-order chi connectivity index (χ1) is 12.6. The average molecular weight is 388 g/mol. The lowest BCUT2D eigenvalue weighted by Gasteiger charge is -2.31. The highest BCUT2D eigenvalue weighted by molar-refractivity contribution is 6.35. The van der Waals surface area contributed by atoms with Crippen LogP contribution < -0.4 is 15.3 Å². The maximum Gasteiger partial charge on any atom is 0.339 e. The number of aryl methyl sites for hydroxylation is 1. The Balaban J connectivity index is 1.67. The van der Waals surface area contributed by atoms with E-state index < -0.39 is 0 Å². The molecule has 0 fully saturated rings. The molecule has 1 aromatic heterocycles. The van der Waals surface area contributed by atoms with Crippen molar-refractivity contribution in [2.24, 2.45) is 0 Å². The Bertz CT molecular complexity index is 1110. The first-order valence-corrected chi connectivity index (χ1v) is 9.30. The van der Waals surface area contributed by atoms with E-state index in [0.717, 1.165) is 52.8 Å². The summed E-state index contributed by atoms with van der Waals surface area (Å²) >= 11 is 12.5. The van der Waals surface area contributed by atoms with Gasteiger partial charge in [0.25, 0.3) is 0 Å². The Morgan fingerprint density at radius 1 is 1.00 bits per heavy atom. The zero-order valence-corrected chi connectivity index (χ0v) is 15.4. The molecule has 0 bridgehead atoms. The van der Waals surface area contributed by atoms with Gasteiger partial charge >= 0.3 is 5.63 Å². The summed E-state index contributed by atoms with van der Waals surface area (Å²) in [6.45, 7) is 0.891. The van der Waals surface area contributed by atoms with E-state index in [4.69, 9.17) is 32.4 Å². The third-order valence-electron chi connectivity index (χ3n) is 5.18. The second-order valence-corrected chi connectivity index (χ2v) is 7.53. The molecule has 2 aromatic carbocycles. The molecule has 6 heteroatoms. The van der Waals surface area contributed by atoms with Crippen molar-refractivity contribution in [2.45, 2.75) is 25.8 Å². The number of benzene rings is 2. The van der Waals surface area contributed by atoms with Crippen molar-refractivity contribution in [2.75, 3.05) is 11.6 Å². The number of rotatable bonds is 1. The van der Waals surface area contributed by atoms with Crippen LogP contribution in [0.4, 0.5) is 5.69 Å². The predicted molar refractivity (Wildman–Crippen MR) is 103 cm³/mol. The van der Waals surface area contributed by atoms with Gasteiger partial charge in [0.1, 0.15) is 11.3 Å². The quantitative estimate of drug-likeness (QED) is 0.554. The Morgan fingerprint density at radius 2 is 1.85 bits per heavy atom. The van der Waals surface area contributed by atoms with Gasteiger partial charge in [-0.05, 0) is 55.2 Å². The normalized spacial score (nSPS) is 15.7. The molecule has 1 aliphatic carbocycles. The van der Waals surface area contributed by atoms with Crippen molar-refractivity contribution in [1.29, 1.82) is 0 Å². The molecular weight excluding hydrogens is 373 g/mol. The summed E-state index contributed by atoms with van der Waals surface area (Å²) in [6, 6.07) is 9.31. The molecule has 132 valence electrons. The standard InChI is InChI=1S/C20H15Cl2NO3/c21-11-4-6-16(22)17(8-11)23-9-15-18(25-10-23)7-5-13-12-2-1-3-14(12)20(24)26-19(13)15/h4-8H,1-3,9-10H2. The first-order valence-electron chi connectivity index (χ1n) is 8.55. The molecule has 0 N–H and O–H groups in total. The maximum absolute atomic E-state index is 12.4. The number of fused-ring (bicyclic) bond motifs is 5. The minimum atomic E-state index is -0.226. The third-order valence-corrected chi connectivity index (χ3v) is 5.73. The fourth-order valence-electron chi connectivity index (χ4n) is 3.94. The Hall–Kier alpha value is -2.17. The number of nitrogens with zero attached hydrogens (tertiary/aromatic N) is 1. The number of halogens is 2. The number of hydrogen-bond acceptors (Lipinski definition) is 4. The second kappa shape index (κ2) is 5.93. The predicted octanol–water partition coefficient (Wildman–Crippen LogP) is 4.95. The van der Waals surface area contributed by atoms with Crippen molar-refractivity contribution in [3.05, 3.63) is 67.5 Å². The van der Waals surface area contributed by atoms with Crippen LogP contribution in [0.1, 0.15) is 23.1 Å². The molecule has 5 rings (SSSR count). The minimum Gasteiger partial charge on any atom is -0.473 e. The molecule has 0 saturated heterocycles. The SMILES string of the molecule is O=c1oc2c3c(ccc2c2c1CCC2)OCN(c1cc(Cl)ccc1Cl)C3. The van der Waals surface area contributed by atoms with E-state index in [1.165, 1.54) is 0 Å². The molecular formula is C20H15Cl2NO3. The van der Waals surface area contributed by atoms with Crippen LogP contribution in [0, 0.1) is 0 Å². The summed E-state index contributed by atoms with van der Waals surface area (Å²) < 4.78 is 11.6. The van der Waals surface area contributed by atoms with Crippen LogP contribution >= 0.6 is 23.2 Å². The third kappa shape index (κ3) is 2.40. The van der Waals surface area contributed by atoms with Gasteiger partial charge < -0.3 is 14.1 Å². The molecule has 0 radical (unpaired) electrons. The molecule has 0 unspecified atom stereocenters. The summed E-state index contributed by atoms with van der Waals surface area (Å²) in [4.78, 5) is 14.4. The highest BCUT2D eigenvalue weighted by atomic mass is 35.5. The van der Waals surface area contributed by atoms with Crippen molar-refractivity contribution in [3.8, 4) is 5.75 Å². The maximum atomic E-state index is 12.4. The van der Waals surface area contributed by atoms with Crippen LogP contribution in [-0.2, 0) is 19.4 Å². The summed E-state index contributed by atoms with van der Waals surface area (Å²) in [5, 5.41) is 2.22. The lowest BCUT2D eigenvalue weighted by molar-refractivity contribution is 0.289. The average Bonchev–Trinajstić information content (AvgIpc) is 3.14. The molecule has 0 saturated carbocycles. The monoisotopic (exact) mass is 387 g/mol. The lowest BCUT2D eigenvalue weighted by Crippen LogP contribution is -2.32. The van der Waals surface area contributed by atoms with Gasteiger partial charge in [0, 0.05) is 16.0 Å². The molecule has 2 aliphatic rings. The smallest absolute Gasteiger partial charge is 0.339 e. The minimum absolute atomic E-state index is 0.226. The van der Waals surface area contributed by atoms with Gasteiger partial charge in [-0.15, -0.1) is 0 Å². The molecule has 26 heavy (non-hydrogen) atoms. The Kier molecular flexibility index (Phi) is 3.66. The fraction of sp³-hybridized carbons (Fsp3) is 0.250. The van der Waals surface area contributed by atoms with Gasteiger partial charge in [-0.2, -0.15) is 0 Å². The number of hydrogen-bond donors (Lipinski definition) is 0. The van der Waals surface area contributed by atoms with Gasteiger partial charge in [0.05, 0.1) is 22.8 Å². The van der Waals surface area contributed by atoms with Crippen LogP contribution in [0.5, 0.6) is 5.75 Å². The largest absolute Gasteiger partial charge is 0.473 e. The molecule has 2 heterocycles. The highest BCUT2D eigenvalue weighted by Gasteiger charge is 2.26. The van der Waals surface area contributed by atoms with Crippen LogP contribution in [0.25, 0.3) is 11.0 Å². The summed E-state index contributed by atoms with van der Waals surface area (Å²) in [7, 11) is 0. The molecule has 0 spiro atoms. The number of ether oxygens (including phenoxy) is 1. The van der Waals surface area contributed by atoms with Gasteiger partial charge in [-0.1, -0.05) is 23.2 Å². The van der Waals surface area contributed by atoms with E-state index in [9.17, 15) is 4.79 Å². The van der Waals surface area contributed by atoms with Crippen molar-refractivity contribution in [3.63, 3.8) is 0 Å². The van der Waals surface area contributed by atoms with Crippen LogP contribution in [0.2, 0.25) is 10.0 Å². The van der Waals surface area contributed by atoms with E-state index in [2.05, 4.69) is 0 Å². The molecule has 0 amide bonds. The van der Waals surface area contributed by atoms with E-state index in [1.54, 1.807) is 12.1 Å². The molecule has 0 atom stereocenters. The highest BCUT2D eigenvalue weighted by Crippen LogP contribution is 2.38. The van der Waals surface area contributed by atoms with E-state index in [-0.39, 0.29) is 5.63 Å². The van der Waals surface area contributed by atoms with Crippen molar-refractivity contribution in [1.82, 2.24) is 0 Å². The summed E-state index contributed by atoms with van der Waals surface area (Å²) in [5.74, 6) is 0.744.